The smallest absolute Gasteiger partial charge is 0.708 e. The van der Waals surface area contributed by atoms with Crippen molar-refractivity contribution in [3.05, 3.63) is 0 Å². The van der Waals surface area contributed by atoms with Gasteiger partial charge in [-0.1, -0.05) is 0 Å². The maximum atomic E-state index is 7.00. The van der Waals surface area contributed by atoms with Gasteiger partial charge in [0.1, 0.15) is 0 Å². The molecule has 250 valence electrons. The Morgan fingerprint density at radius 2 is 0.381 bits per heavy atom. The van der Waals surface area contributed by atoms with Gasteiger partial charge in [-0.15, -0.1) is 0 Å². The number of aliphatic hydroxyl groups excluding tert-OH is 3. The van der Waals surface area contributed by atoms with Crippen molar-refractivity contribution >= 4 is 40.1 Å². The zero-order valence-corrected chi connectivity index (χ0v) is 39.2. The third-order valence-corrected chi connectivity index (χ3v) is 9.26. The number of hydrogen-bond donors (Lipinski definition) is 3. The second-order valence-corrected chi connectivity index (χ2v) is 20.5. The summed E-state index contributed by atoms with van der Waals surface area (Å²) in [4.78, 5) is 0. The van der Waals surface area contributed by atoms with Crippen LogP contribution in [0, 0.1) is 0 Å². The Balaban J connectivity index is -0.0000000948. The van der Waals surface area contributed by atoms with Gasteiger partial charge in [0.15, 0.2) is 0 Å². The fraction of sp³-hybridized carbons (Fsp3) is 1.00. The van der Waals surface area contributed by atoms with E-state index in [1.54, 1.807) is 0 Å². The maximum absolute atomic E-state index is 7.00. The number of aliphatic hydroxyl groups is 3. The molecule has 0 atom stereocenters. The molecule has 0 bridgehead atoms. The average Bonchev–Trinajstić information content (AvgIpc) is 2.56. The first kappa shape index (κ1) is 60.1. The molecule has 0 aliphatic heterocycles. The van der Waals surface area contributed by atoms with Gasteiger partial charge < -0.3 is 66.0 Å². The van der Waals surface area contributed by atoms with Crippen LogP contribution in [0.15, 0.2) is 0 Å². The summed E-state index contributed by atoms with van der Waals surface area (Å²) in [6.45, 7) is 35.2. The third-order valence-electron chi connectivity index (χ3n) is 2.59. The molecule has 0 unspecified atom stereocenters. The van der Waals surface area contributed by atoms with E-state index in [1.165, 1.54) is 0 Å². The van der Waals surface area contributed by atoms with E-state index >= 15 is 0 Å². The maximum Gasteiger partial charge on any atom is 1.00 e. The molecule has 0 aliphatic carbocycles. The summed E-state index contributed by atoms with van der Waals surface area (Å²) < 4.78 is 35.3. The van der Waals surface area contributed by atoms with Crippen LogP contribution in [0.1, 0.15) is 125 Å². The molecule has 0 aromatic heterocycles. The van der Waals surface area contributed by atoms with Crippen molar-refractivity contribution in [3.8, 4) is 0 Å². The first-order chi connectivity index (χ1) is 17.2. The molecule has 15 heteroatoms. The fourth-order valence-electron chi connectivity index (χ4n) is 2.38. The van der Waals surface area contributed by atoms with Crippen LogP contribution >= 0.6 is 0 Å². The Morgan fingerprint density at radius 1 is 0.310 bits per heavy atom. The van der Waals surface area contributed by atoms with Crippen LogP contribution in [0.25, 0.3) is 0 Å². The normalized spacial score (nSPS) is 12.7. The molecule has 0 saturated carbocycles. The molecule has 3 N–H and O–H groups in total. The summed E-state index contributed by atoms with van der Waals surface area (Å²) in [5, 5.41) is 21.0. The number of hydrogen-bond acceptors (Lipinski definition) is 11. The van der Waals surface area contributed by atoms with Crippen LogP contribution in [-0.4, -0.2) is 86.2 Å². The molecule has 0 fully saturated rings. The van der Waals surface area contributed by atoms with Crippen LogP contribution in [0.3, 0.4) is 0 Å². The summed E-state index contributed by atoms with van der Waals surface area (Å²) in [6.07, 6.45) is 0. The molecule has 0 aliphatic rings. The minimum absolute atomic E-state index is 0. The van der Waals surface area contributed by atoms with Crippen molar-refractivity contribution in [3.63, 3.8) is 0 Å². The largest absolute Gasteiger partial charge is 1.00 e. The van der Waals surface area contributed by atoms with E-state index < -0.39 is 15.9 Å². The zero-order valence-electron chi connectivity index (χ0n) is 31.6. The molecular weight excluding hydrogens is 635 g/mol. The van der Waals surface area contributed by atoms with Crippen LogP contribution < -0.4 is 59.1 Å². The Kier molecular flexibility index (Phi) is 35.6. The van der Waals surface area contributed by atoms with E-state index in [4.69, 9.17) is 66.0 Å². The molecule has 0 amide bonds. The summed E-state index contributed by atoms with van der Waals surface area (Å²) in [7, 11) is -3.14. The molecule has 0 saturated heterocycles. The van der Waals surface area contributed by atoms with Crippen molar-refractivity contribution < 1.29 is 101 Å². The van der Waals surface area contributed by atoms with Crippen LogP contribution in [0.2, 0.25) is 0 Å². The van der Waals surface area contributed by atoms with Crippen LogP contribution in [0.5, 0.6) is 0 Å². The second-order valence-electron chi connectivity index (χ2n) is 14.3. The third kappa shape index (κ3) is 49.6. The predicted octanol–water partition coefficient (Wildman–Crippen LogP) is -0.338. The van der Waals surface area contributed by atoms with Gasteiger partial charge in [-0.05, 0) is 125 Å². The number of rotatable bonds is 6. The first-order valence-electron chi connectivity index (χ1n) is 13.2. The van der Waals surface area contributed by atoms with Gasteiger partial charge in [0.25, 0.3) is 0 Å². The van der Waals surface area contributed by atoms with Crippen LogP contribution in [-0.2, 0) is 50.7 Å². The van der Waals surface area contributed by atoms with E-state index in [0.717, 1.165) is 21.3 Å². The fourth-order valence-corrected chi connectivity index (χ4v) is 11.6. The molecule has 0 rings (SSSR count). The molecule has 0 heterocycles. The van der Waals surface area contributed by atoms with E-state index in [0.29, 0.717) is 0 Å². The average molecular weight is 701 g/mol. The van der Waals surface area contributed by atoms with E-state index in [-0.39, 0.29) is 92.7 Å². The molecule has 0 spiro atoms. The Labute approximate surface area is 317 Å². The Hall–Kier alpha value is 2.77. The minimum Gasteiger partial charge on any atom is -0.708 e. The van der Waals surface area contributed by atoms with Crippen LogP contribution in [0.4, 0.5) is 0 Å². The van der Waals surface area contributed by atoms with Crippen molar-refractivity contribution in [1.29, 1.82) is 0 Å². The molecule has 0 aromatic rings. The zero-order chi connectivity index (χ0) is 34.2. The van der Waals surface area contributed by atoms with Gasteiger partial charge in [-0.2, -0.15) is 0 Å². The molecule has 42 heavy (non-hydrogen) atoms. The summed E-state index contributed by atoms with van der Waals surface area (Å²) >= 11 is 11.0. The van der Waals surface area contributed by atoms with Gasteiger partial charge in [0.2, 0.25) is 0 Å². The monoisotopic (exact) mass is 700 g/mol. The Bertz CT molecular complexity index is 488. The van der Waals surface area contributed by atoms with Crippen molar-refractivity contribution in [1.82, 2.24) is 0 Å². The quantitative estimate of drug-likeness (QED) is 0.250. The SMILES string of the molecule is CC(C)(C)O[Si]([S-])(OC(C)(C)C)OC(C)(C)C.CC(C)(C)O[Si]([S-])(OC(C)(C)C)OC(C)(C)C.CO.CO.CO.[Na+].[Na+]. The van der Waals surface area contributed by atoms with Gasteiger partial charge >= 0.3 is 75.0 Å². The van der Waals surface area contributed by atoms with E-state index in [1.807, 2.05) is 125 Å². The Morgan fingerprint density at radius 3 is 0.429 bits per heavy atom. The molecule has 0 aromatic carbocycles. The van der Waals surface area contributed by atoms with Gasteiger partial charge in [-0.3, -0.25) is 0 Å². The van der Waals surface area contributed by atoms with E-state index in [2.05, 4.69) is 0 Å². The molecule has 0 radical (unpaired) electrons. The summed E-state index contributed by atoms with van der Waals surface area (Å²) in [5.74, 6) is 0. The van der Waals surface area contributed by atoms with Gasteiger partial charge in [0, 0.05) is 21.3 Å². The summed E-state index contributed by atoms with van der Waals surface area (Å²) in [6, 6.07) is 0. The molecule has 9 nitrogen and oxygen atoms in total. The van der Waals surface area contributed by atoms with Crippen molar-refractivity contribution in [2.24, 2.45) is 0 Å². The standard InChI is InChI=1S/2C12H27O3SSi.3CH4O.2Na/c2*1-10(2,3)13-17(16,14-11(4,5)6)15-12(7,8)9;3*1-2;;/h2*1-9H3;3*2H,1H3;;/q2*-1;;;;2*+1. The van der Waals surface area contributed by atoms with Gasteiger partial charge in [0.05, 0.1) is 33.6 Å². The predicted molar refractivity (Wildman–Crippen MR) is 176 cm³/mol. The van der Waals surface area contributed by atoms with Gasteiger partial charge in [-0.25, -0.2) is 0 Å². The topological polar surface area (TPSA) is 116 Å². The second kappa shape index (κ2) is 24.8. The first-order valence-corrected chi connectivity index (χ1v) is 18.9. The molecular formula is C27H66Na2O9S2Si2. The summed E-state index contributed by atoms with van der Waals surface area (Å²) in [5.41, 5.74) is -2.22. The minimum atomic E-state index is -3.07. The van der Waals surface area contributed by atoms with Crippen molar-refractivity contribution in [2.45, 2.75) is 158 Å². The van der Waals surface area contributed by atoms with E-state index in [9.17, 15) is 0 Å². The van der Waals surface area contributed by atoms with Crippen molar-refractivity contribution in [2.75, 3.05) is 21.3 Å².